The van der Waals surface area contributed by atoms with Crippen LogP contribution >= 0.6 is 20.3 Å². The van der Waals surface area contributed by atoms with E-state index in [1.807, 2.05) is 54.2 Å². The van der Waals surface area contributed by atoms with Gasteiger partial charge < -0.3 is 48.6 Å². The van der Waals surface area contributed by atoms with Crippen LogP contribution in [-0.4, -0.2) is 129 Å². The van der Waals surface area contributed by atoms with Crippen molar-refractivity contribution in [3.63, 3.8) is 0 Å². The van der Waals surface area contributed by atoms with Crippen molar-refractivity contribution in [3.05, 3.63) is 95.6 Å². The predicted molar refractivity (Wildman–Crippen MR) is 238 cm³/mol. The van der Waals surface area contributed by atoms with Crippen LogP contribution in [0.4, 0.5) is 4.79 Å². The van der Waals surface area contributed by atoms with Gasteiger partial charge in [0.1, 0.15) is 17.0 Å². The number of carbonyl (C=O) groups excluding carboxylic acids is 2. The Morgan fingerprint density at radius 2 is 1.40 bits per heavy atom. The van der Waals surface area contributed by atoms with E-state index in [1.54, 1.807) is 14.2 Å². The van der Waals surface area contributed by atoms with Gasteiger partial charge in [-0.2, -0.15) is 11.8 Å². The quantitative estimate of drug-likeness (QED) is 0.0318. The third-order valence-electron chi connectivity index (χ3n) is 10.8. The number of fused-ring (bicyclic) bond motifs is 1. The molecule has 0 saturated carbocycles. The van der Waals surface area contributed by atoms with Gasteiger partial charge in [-0.3, -0.25) is 4.79 Å². The van der Waals surface area contributed by atoms with Gasteiger partial charge >= 0.3 is 6.03 Å². The Hall–Kier alpha value is -3.46. The topological polar surface area (TPSA) is 140 Å². The molecule has 15 heteroatoms. The lowest BCUT2D eigenvalue weighted by molar-refractivity contribution is -0.121. The van der Waals surface area contributed by atoms with Crippen molar-refractivity contribution < 1.29 is 42.7 Å². The Morgan fingerprint density at radius 3 is 1.98 bits per heavy atom. The number of unbranched alkanes of at least 4 members (excludes halogenated alkanes) is 1. The zero-order valence-corrected chi connectivity index (χ0v) is 37.8. The van der Waals surface area contributed by atoms with Crippen molar-refractivity contribution >= 4 is 32.2 Å². The molecule has 3 aromatic carbocycles. The summed E-state index contributed by atoms with van der Waals surface area (Å²) in [6.07, 6.45) is 2.98. The number of aliphatic hydroxyl groups excluding tert-OH is 1. The fourth-order valence-electron chi connectivity index (χ4n) is 8.13. The number of nitrogens with zero attached hydrogens (tertiary/aromatic N) is 2. The molecule has 60 heavy (non-hydrogen) atoms. The number of urea groups is 1. The first kappa shape index (κ1) is 47.6. The molecule has 330 valence electrons. The minimum absolute atomic E-state index is 0.00711. The number of nitrogens with one attached hydrogen (secondary N) is 2. The van der Waals surface area contributed by atoms with Crippen molar-refractivity contribution in [1.29, 1.82) is 0 Å². The maximum Gasteiger partial charge on any atom is 0.319 e. The lowest BCUT2D eigenvalue weighted by Crippen LogP contribution is -2.53. The van der Waals surface area contributed by atoms with Crippen LogP contribution in [0.5, 0.6) is 11.5 Å². The van der Waals surface area contributed by atoms with Crippen molar-refractivity contribution in [2.24, 2.45) is 0 Å². The Balaban J connectivity index is 1.07. The summed E-state index contributed by atoms with van der Waals surface area (Å²) in [6.45, 7) is 11.0. The van der Waals surface area contributed by atoms with Crippen LogP contribution in [-0.2, 0) is 28.9 Å². The first-order valence-corrected chi connectivity index (χ1v) is 23.3. The van der Waals surface area contributed by atoms with E-state index in [-0.39, 0.29) is 54.6 Å². The van der Waals surface area contributed by atoms with Crippen LogP contribution in [0.15, 0.2) is 78.9 Å². The second-order valence-electron chi connectivity index (χ2n) is 15.3. The van der Waals surface area contributed by atoms with Gasteiger partial charge in [0, 0.05) is 36.1 Å². The van der Waals surface area contributed by atoms with Gasteiger partial charge in [-0.25, -0.2) is 9.46 Å². The monoisotopic (exact) mass is 868 g/mol. The lowest BCUT2D eigenvalue weighted by Gasteiger charge is -2.45. The zero-order valence-electron chi connectivity index (χ0n) is 36.0. The fourth-order valence-corrected chi connectivity index (χ4v) is 11.3. The third kappa shape index (κ3) is 12.1. The highest BCUT2D eigenvalue weighted by atomic mass is 32.2. The first-order chi connectivity index (χ1) is 29.1. The number of aliphatic hydroxyl groups is 1. The third-order valence-corrected chi connectivity index (χ3v) is 14.4. The smallest absolute Gasteiger partial charge is 0.319 e. The maximum absolute atomic E-state index is 14.4. The molecule has 5 rings (SSSR count). The van der Waals surface area contributed by atoms with Crippen molar-refractivity contribution in [2.45, 2.75) is 88.3 Å². The maximum atomic E-state index is 14.4. The minimum atomic E-state index is -1.29. The summed E-state index contributed by atoms with van der Waals surface area (Å²) in [5.74, 6) is 2.29. The molecule has 2 aliphatic rings. The number of methoxy groups -OCH3 is 2. The highest BCUT2D eigenvalue weighted by molar-refractivity contribution is 8.00. The molecule has 3 N–H and O–H groups in total. The summed E-state index contributed by atoms with van der Waals surface area (Å²) in [7, 11) is 2.02. The molecule has 0 aliphatic carbocycles. The average molecular weight is 869 g/mol. The lowest BCUT2D eigenvalue weighted by atomic mass is 9.74. The Labute approximate surface area is 362 Å². The Bertz CT molecular complexity index is 1670. The second-order valence-corrected chi connectivity index (χ2v) is 18.1. The second kappa shape index (κ2) is 24.2. The van der Waals surface area contributed by atoms with Gasteiger partial charge in [-0.15, -0.1) is 0 Å². The van der Waals surface area contributed by atoms with Crippen molar-refractivity contribution in [1.82, 2.24) is 20.2 Å². The number of hydrogen-bond donors (Lipinski definition) is 3. The summed E-state index contributed by atoms with van der Waals surface area (Å²) in [5.41, 5.74) is 2.00. The molecular formula is C45H65N4O9PS. The Morgan fingerprint density at radius 1 is 0.833 bits per heavy atom. The van der Waals surface area contributed by atoms with Gasteiger partial charge in [0.05, 0.1) is 72.6 Å². The van der Waals surface area contributed by atoms with Crippen molar-refractivity contribution in [3.8, 4) is 11.5 Å². The SMILES string of the molecule is COc1ccc(C(c2ccccc2)(c2ccc(OC)cc2)N2C(=O)N[C@@H]3[C@H](CCCCC(=O)NCCOCCOCCOP(OCCO)N(C(C)C)C(C)C)SC[C@@H]32)cc1. The summed E-state index contributed by atoms with van der Waals surface area (Å²) >= 11 is 1.90. The molecule has 0 bridgehead atoms. The first-order valence-electron chi connectivity index (χ1n) is 21.1. The molecule has 0 spiro atoms. The van der Waals surface area contributed by atoms with Crippen LogP contribution in [0.2, 0.25) is 0 Å². The number of carbonyl (C=O) groups is 2. The van der Waals surface area contributed by atoms with E-state index in [9.17, 15) is 14.7 Å². The molecule has 0 radical (unpaired) electrons. The summed E-state index contributed by atoms with van der Waals surface area (Å²) in [6, 6.07) is 26.6. The number of benzene rings is 3. The van der Waals surface area contributed by atoms with Crippen LogP contribution < -0.4 is 20.1 Å². The molecule has 2 aliphatic heterocycles. The normalized spacial score (nSPS) is 18.3. The summed E-state index contributed by atoms with van der Waals surface area (Å²) < 4.78 is 36.3. The van der Waals surface area contributed by atoms with E-state index in [4.69, 9.17) is 28.0 Å². The molecule has 4 atom stereocenters. The van der Waals surface area contributed by atoms with Gasteiger partial charge in [0.2, 0.25) is 5.91 Å². The molecule has 2 fully saturated rings. The van der Waals surface area contributed by atoms with E-state index in [2.05, 4.69) is 84.3 Å². The summed E-state index contributed by atoms with van der Waals surface area (Å²) in [5, 5.41) is 15.8. The molecule has 2 saturated heterocycles. The molecule has 3 aromatic rings. The highest BCUT2D eigenvalue weighted by Crippen LogP contribution is 2.50. The van der Waals surface area contributed by atoms with Crippen LogP contribution in [0.1, 0.15) is 70.1 Å². The van der Waals surface area contributed by atoms with Crippen LogP contribution in [0, 0.1) is 0 Å². The van der Waals surface area contributed by atoms with E-state index in [0.29, 0.717) is 46.0 Å². The zero-order chi connectivity index (χ0) is 42.9. The molecule has 3 amide bonds. The van der Waals surface area contributed by atoms with Gasteiger partial charge in [-0.1, -0.05) is 61.0 Å². The van der Waals surface area contributed by atoms with E-state index in [0.717, 1.165) is 53.2 Å². The number of thioether (sulfide) groups is 1. The van der Waals surface area contributed by atoms with Crippen molar-refractivity contribution in [2.75, 3.05) is 72.8 Å². The van der Waals surface area contributed by atoms with Gasteiger partial charge in [-0.05, 0) is 81.5 Å². The molecule has 1 unspecified atom stereocenters. The van der Waals surface area contributed by atoms with Crippen LogP contribution in [0.25, 0.3) is 0 Å². The Kier molecular flexibility index (Phi) is 19.2. The summed E-state index contributed by atoms with van der Waals surface area (Å²) in [4.78, 5) is 29.1. The number of ether oxygens (including phenoxy) is 4. The van der Waals surface area contributed by atoms with E-state index in [1.165, 1.54) is 0 Å². The number of amides is 3. The van der Waals surface area contributed by atoms with Crippen LogP contribution in [0.3, 0.4) is 0 Å². The standard InChI is InChI=1S/C45H65N4O9PS/c1-33(2)49(34(3)4)59(57-27-25-50)58-31-30-56-29-28-55-26-24-46-42(51)15-11-10-14-41-43-40(32-60-41)48(44(52)47-43)45(35-12-8-7-9-13-35,36-16-20-38(53-5)21-17-36)37-18-22-39(54-6)23-19-37/h7-9,12-13,16-23,33-34,40-41,43,50H,10-11,14-15,24-32H2,1-6H3,(H,46,51)(H,47,52)/t40-,41-,43-,59?/m0/s1. The van der Waals surface area contributed by atoms with E-state index < -0.39 is 14.1 Å². The van der Waals surface area contributed by atoms with Gasteiger partial charge in [0.25, 0.3) is 8.53 Å². The van der Waals surface area contributed by atoms with Gasteiger partial charge in [0.15, 0.2) is 0 Å². The highest BCUT2D eigenvalue weighted by Gasteiger charge is 2.57. The average Bonchev–Trinajstić information content (AvgIpc) is 3.80. The predicted octanol–water partition coefficient (Wildman–Crippen LogP) is 6.95. The fraction of sp³-hybridized carbons (Fsp3) is 0.556. The molecular weight excluding hydrogens is 804 g/mol. The molecule has 2 heterocycles. The number of hydrogen-bond acceptors (Lipinski definition) is 11. The molecule has 0 aromatic heterocycles. The largest absolute Gasteiger partial charge is 0.497 e. The minimum Gasteiger partial charge on any atom is -0.497 e. The van der Waals surface area contributed by atoms with E-state index >= 15 is 0 Å². The molecule has 13 nitrogen and oxygen atoms in total. The number of rotatable bonds is 27.